The van der Waals surface area contributed by atoms with Gasteiger partial charge in [0.25, 0.3) is 0 Å². The second-order valence-corrected chi connectivity index (χ2v) is 7.15. The molecule has 3 aromatic rings. The lowest BCUT2D eigenvalue weighted by Crippen LogP contribution is -2.34. The third-order valence-corrected chi connectivity index (χ3v) is 5.49. The van der Waals surface area contributed by atoms with Gasteiger partial charge in [0, 0.05) is 6.54 Å². The van der Waals surface area contributed by atoms with Gasteiger partial charge in [0.15, 0.2) is 0 Å². The summed E-state index contributed by atoms with van der Waals surface area (Å²) in [6.45, 7) is 2.40. The summed E-state index contributed by atoms with van der Waals surface area (Å²) in [4.78, 5) is 35.6. The fourth-order valence-corrected chi connectivity index (χ4v) is 4.10. The Morgan fingerprint density at radius 1 is 1.26 bits per heavy atom. The van der Waals surface area contributed by atoms with Crippen LogP contribution in [0.4, 0.5) is 10.8 Å². The number of benzene rings is 1. The van der Waals surface area contributed by atoms with E-state index in [4.69, 9.17) is 4.74 Å². The maximum Gasteiger partial charge on any atom is 0.340 e. The molecule has 1 N–H and O–H groups in total. The molecule has 1 amide bonds. The van der Waals surface area contributed by atoms with Crippen molar-refractivity contribution < 1.29 is 14.3 Å². The number of nitrogens with one attached hydrogen (secondary N) is 1. The molecule has 1 unspecified atom stereocenters. The molecule has 27 heavy (non-hydrogen) atoms. The van der Waals surface area contributed by atoms with Crippen molar-refractivity contribution in [3.8, 4) is 0 Å². The van der Waals surface area contributed by atoms with E-state index in [9.17, 15) is 9.59 Å². The van der Waals surface area contributed by atoms with Crippen LogP contribution in [0.2, 0.25) is 0 Å². The fourth-order valence-electron chi connectivity index (χ4n) is 3.18. The van der Waals surface area contributed by atoms with Crippen molar-refractivity contribution in [3.05, 3.63) is 47.0 Å². The van der Waals surface area contributed by atoms with Gasteiger partial charge < -0.3 is 15.0 Å². The van der Waals surface area contributed by atoms with E-state index in [0.717, 1.165) is 16.7 Å². The number of fused-ring (bicyclic) bond motifs is 1. The number of anilines is 2. The van der Waals surface area contributed by atoms with E-state index in [1.165, 1.54) is 18.4 Å². The van der Waals surface area contributed by atoms with Crippen LogP contribution in [-0.4, -0.2) is 41.5 Å². The van der Waals surface area contributed by atoms with Gasteiger partial charge in [-0.1, -0.05) is 12.1 Å². The summed E-state index contributed by atoms with van der Waals surface area (Å²) in [5.41, 5.74) is 2.75. The Kier molecular flexibility index (Phi) is 4.49. The molecule has 2 aromatic heterocycles. The molecule has 3 heterocycles. The van der Waals surface area contributed by atoms with Crippen LogP contribution < -0.4 is 10.2 Å². The number of para-hydroxylation sites is 2. The quantitative estimate of drug-likeness (QED) is 0.699. The van der Waals surface area contributed by atoms with Crippen LogP contribution in [0.1, 0.15) is 22.5 Å². The van der Waals surface area contributed by atoms with Gasteiger partial charge in [0.05, 0.1) is 29.4 Å². The minimum atomic E-state index is -0.438. The summed E-state index contributed by atoms with van der Waals surface area (Å²) in [6, 6.07) is 8.90. The minimum Gasteiger partial charge on any atom is -0.465 e. The highest BCUT2D eigenvalue weighted by molar-refractivity contribution is 7.14. The molecule has 0 aliphatic carbocycles. The van der Waals surface area contributed by atoms with E-state index >= 15 is 0 Å². The largest absolute Gasteiger partial charge is 0.465 e. The summed E-state index contributed by atoms with van der Waals surface area (Å²) in [5.74, 6) is 0.0805. The lowest BCUT2D eigenvalue weighted by Gasteiger charge is -2.17. The van der Waals surface area contributed by atoms with E-state index < -0.39 is 12.0 Å². The molecule has 138 valence electrons. The summed E-state index contributed by atoms with van der Waals surface area (Å²) in [6.07, 6.45) is 0.616. The molecule has 1 aliphatic heterocycles. The average Bonchev–Trinajstić information content (AvgIpc) is 3.29. The molecule has 7 nitrogen and oxygen atoms in total. The van der Waals surface area contributed by atoms with Crippen LogP contribution >= 0.6 is 11.3 Å². The third kappa shape index (κ3) is 3.12. The topological polar surface area (TPSA) is 84.4 Å². The SMILES string of the molecule is COC(=O)c1ccsc1N1CCC(Nc2nc3ccccc3nc2C)C1=O. The summed E-state index contributed by atoms with van der Waals surface area (Å²) in [5, 5.41) is 5.64. The van der Waals surface area contributed by atoms with Crippen molar-refractivity contribution in [3.63, 3.8) is 0 Å². The normalized spacial score (nSPS) is 16.7. The molecule has 1 fully saturated rings. The zero-order chi connectivity index (χ0) is 19.0. The second kappa shape index (κ2) is 6.96. The van der Waals surface area contributed by atoms with Gasteiger partial charge in [0.1, 0.15) is 16.9 Å². The molecular weight excluding hydrogens is 364 g/mol. The Hall–Kier alpha value is -3.00. The van der Waals surface area contributed by atoms with Crippen molar-refractivity contribution in [1.29, 1.82) is 0 Å². The maximum absolute atomic E-state index is 12.9. The Morgan fingerprint density at radius 3 is 2.74 bits per heavy atom. The molecule has 1 atom stereocenters. The molecular formula is C19H18N4O3S. The smallest absolute Gasteiger partial charge is 0.340 e. The predicted octanol–water partition coefficient (Wildman–Crippen LogP) is 3.00. The monoisotopic (exact) mass is 382 g/mol. The molecule has 8 heteroatoms. The lowest BCUT2D eigenvalue weighted by atomic mass is 10.2. The van der Waals surface area contributed by atoms with Crippen molar-refractivity contribution in [2.45, 2.75) is 19.4 Å². The Bertz CT molecular complexity index is 1030. The van der Waals surface area contributed by atoms with Crippen LogP contribution in [-0.2, 0) is 9.53 Å². The van der Waals surface area contributed by atoms with Crippen LogP contribution in [0.25, 0.3) is 11.0 Å². The first-order valence-electron chi connectivity index (χ1n) is 8.55. The third-order valence-electron chi connectivity index (χ3n) is 4.56. The number of carbonyl (C=O) groups excluding carboxylic acids is 2. The molecule has 1 aliphatic rings. The van der Waals surface area contributed by atoms with Gasteiger partial charge in [-0.3, -0.25) is 4.79 Å². The zero-order valence-corrected chi connectivity index (χ0v) is 15.7. The number of methoxy groups -OCH3 is 1. The van der Waals surface area contributed by atoms with Crippen LogP contribution in [0.3, 0.4) is 0 Å². The molecule has 1 aromatic carbocycles. The lowest BCUT2D eigenvalue weighted by molar-refractivity contribution is -0.117. The van der Waals surface area contributed by atoms with Gasteiger partial charge in [-0.15, -0.1) is 11.3 Å². The van der Waals surface area contributed by atoms with E-state index in [1.54, 1.807) is 16.3 Å². The van der Waals surface area contributed by atoms with Crippen molar-refractivity contribution in [2.24, 2.45) is 0 Å². The van der Waals surface area contributed by atoms with Crippen LogP contribution in [0.5, 0.6) is 0 Å². The number of thiophene rings is 1. The fraction of sp³-hybridized carbons (Fsp3) is 0.263. The predicted molar refractivity (Wildman–Crippen MR) is 104 cm³/mol. The number of aromatic nitrogens is 2. The first-order chi connectivity index (χ1) is 13.1. The van der Waals surface area contributed by atoms with E-state index in [0.29, 0.717) is 29.3 Å². The summed E-state index contributed by atoms with van der Waals surface area (Å²) >= 11 is 1.36. The number of rotatable bonds is 4. The Balaban J connectivity index is 1.57. The zero-order valence-electron chi connectivity index (χ0n) is 14.9. The van der Waals surface area contributed by atoms with Gasteiger partial charge >= 0.3 is 5.97 Å². The number of nitrogens with zero attached hydrogens (tertiary/aromatic N) is 3. The van der Waals surface area contributed by atoms with E-state index in [2.05, 4.69) is 15.3 Å². The minimum absolute atomic E-state index is 0.0861. The van der Waals surface area contributed by atoms with Gasteiger partial charge in [0.2, 0.25) is 5.91 Å². The van der Waals surface area contributed by atoms with Crippen molar-refractivity contribution in [2.75, 3.05) is 23.9 Å². The van der Waals surface area contributed by atoms with Crippen molar-refractivity contribution in [1.82, 2.24) is 9.97 Å². The Morgan fingerprint density at radius 2 is 2.00 bits per heavy atom. The molecule has 4 rings (SSSR count). The van der Waals surface area contributed by atoms with E-state index in [-0.39, 0.29) is 5.91 Å². The average molecular weight is 382 g/mol. The number of hydrogen-bond acceptors (Lipinski definition) is 7. The number of aryl methyl sites for hydroxylation is 1. The number of ether oxygens (including phenoxy) is 1. The first kappa shape index (κ1) is 17.4. The number of esters is 1. The standard InChI is InChI=1S/C19H18N4O3S/c1-11-16(21-14-6-4-3-5-13(14)20-11)22-15-7-9-23(17(15)24)18-12(8-10-27-18)19(25)26-2/h3-6,8,10,15H,7,9H2,1-2H3,(H,21,22). The molecule has 0 saturated carbocycles. The van der Waals surface area contributed by atoms with Crippen LogP contribution in [0, 0.1) is 6.92 Å². The number of amides is 1. The molecule has 0 spiro atoms. The first-order valence-corrected chi connectivity index (χ1v) is 9.43. The molecule has 0 bridgehead atoms. The number of hydrogen-bond donors (Lipinski definition) is 1. The van der Waals surface area contributed by atoms with Gasteiger partial charge in [-0.05, 0) is 36.9 Å². The van der Waals surface area contributed by atoms with Gasteiger partial charge in [-0.2, -0.15) is 0 Å². The van der Waals surface area contributed by atoms with E-state index in [1.807, 2.05) is 31.2 Å². The van der Waals surface area contributed by atoms with Crippen LogP contribution in [0.15, 0.2) is 35.7 Å². The summed E-state index contributed by atoms with van der Waals surface area (Å²) < 4.78 is 4.81. The highest BCUT2D eigenvalue weighted by atomic mass is 32.1. The highest BCUT2D eigenvalue weighted by Gasteiger charge is 2.35. The van der Waals surface area contributed by atoms with Gasteiger partial charge in [-0.25, -0.2) is 14.8 Å². The Labute approximate surface area is 160 Å². The molecule has 0 radical (unpaired) electrons. The maximum atomic E-state index is 12.9. The highest BCUT2D eigenvalue weighted by Crippen LogP contribution is 2.32. The van der Waals surface area contributed by atoms with Crippen molar-refractivity contribution >= 4 is 45.1 Å². The summed E-state index contributed by atoms with van der Waals surface area (Å²) in [7, 11) is 1.33. The number of carbonyl (C=O) groups is 2. The second-order valence-electron chi connectivity index (χ2n) is 6.25. The molecule has 1 saturated heterocycles.